The van der Waals surface area contributed by atoms with E-state index in [4.69, 9.17) is 0 Å². The highest BCUT2D eigenvalue weighted by molar-refractivity contribution is 5.89. The van der Waals surface area contributed by atoms with Gasteiger partial charge in [-0.15, -0.1) is 0 Å². The van der Waals surface area contributed by atoms with E-state index in [0.717, 1.165) is 13.2 Å². The van der Waals surface area contributed by atoms with E-state index in [1.807, 2.05) is 0 Å². The molecule has 10 heavy (non-hydrogen) atoms. The molecule has 0 aromatic rings. The van der Waals surface area contributed by atoms with Crippen molar-refractivity contribution >= 4 is 12.1 Å². The van der Waals surface area contributed by atoms with E-state index in [2.05, 4.69) is 16.1 Å². The minimum Gasteiger partial charge on any atom is -0.437 e. The average Bonchev–Trinajstić information content (AvgIpc) is 1.87. The molecule has 0 radical (unpaired) electrons. The molecule has 4 heteroatoms. The van der Waals surface area contributed by atoms with Gasteiger partial charge in [-0.1, -0.05) is 14.0 Å². The summed E-state index contributed by atoms with van der Waals surface area (Å²) >= 11 is 0. The molecule has 0 N–H and O–H groups in total. The molecule has 0 amide bonds. The Morgan fingerprint density at radius 2 is 2.00 bits per heavy atom. The molecule has 58 valence electrons. The van der Waals surface area contributed by atoms with Crippen molar-refractivity contribution in [1.29, 1.82) is 0 Å². The van der Waals surface area contributed by atoms with Crippen molar-refractivity contribution in [2.45, 2.75) is 7.43 Å². The minimum absolute atomic E-state index is 0. The Labute approximate surface area is 59.4 Å². The second-order valence-corrected chi connectivity index (χ2v) is 1.08. The van der Waals surface area contributed by atoms with Gasteiger partial charge in [-0.05, 0) is 0 Å². The lowest BCUT2D eigenvalue weighted by Crippen LogP contribution is -2.08. The highest BCUT2D eigenvalue weighted by atomic mass is 16.7. The summed E-state index contributed by atoms with van der Waals surface area (Å²) in [5, 5.41) is 0. The highest BCUT2D eigenvalue weighted by Crippen LogP contribution is 1.83. The van der Waals surface area contributed by atoms with Crippen LogP contribution in [0.5, 0.6) is 0 Å². The summed E-state index contributed by atoms with van der Waals surface area (Å²) in [4.78, 5) is 20.2. The van der Waals surface area contributed by atoms with Crippen LogP contribution in [0.2, 0.25) is 0 Å². The monoisotopic (exact) mass is 146 g/mol. The van der Waals surface area contributed by atoms with Crippen molar-refractivity contribution in [3.63, 3.8) is 0 Å². The number of hydrogen-bond acceptors (Lipinski definition) is 4. The molecule has 0 fully saturated rings. The Morgan fingerprint density at radius 3 is 2.30 bits per heavy atom. The number of rotatable bonds is 1. The lowest BCUT2D eigenvalue weighted by molar-refractivity contribution is -0.133. The highest BCUT2D eigenvalue weighted by Gasteiger charge is 2.03. The molecule has 0 aromatic carbocycles. The van der Waals surface area contributed by atoms with Crippen molar-refractivity contribution in [2.24, 2.45) is 0 Å². The Hall–Kier alpha value is -1.32. The Kier molecular flexibility index (Phi) is 6.67. The van der Waals surface area contributed by atoms with E-state index in [9.17, 15) is 9.59 Å². The summed E-state index contributed by atoms with van der Waals surface area (Å²) < 4.78 is 7.92. The Morgan fingerprint density at radius 1 is 1.50 bits per heavy atom. The van der Waals surface area contributed by atoms with E-state index in [1.165, 1.54) is 0 Å². The smallest absolute Gasteiger partial charge is 0.437 e. The molecular formula is C6H10O4. The first kappa shape index (κ1) is 11.5. The normalized spacial score (nSPS) is 6.90. The van der Waals surface area contributed by atoms with Crippen LogP contribution in [-0.4, -0.2) is 19.2 Å². The van der Waals surface area contributed by atoms with Crippen LogP contribution in [0.3, 0.4) is 0 Å². The molecule has 0 atom stereocenters. The number of hydrogen-bond donors (Lipinski definition) is 0. The van der Waals surface area contributed by atoms with Gasteiger partial charge >= 0.3 is 12.1 Å². The van der Waals surface area contributed by atoms with Gasteiger partial charge in [0.15, 0.2) is 0 Å². The summed E-state index contributed by atoms with van der Waals surface area (Å²) in [6, 6.07) is 0. The van der Waals surface area contributed by atoms with Gasteiger partial charge in [0.05, 0.1) is 7.11 Å². The zero-order valence-corrected chi connectivity index (χ0v) is 4.92. The summed E-state index contributed by atoms with van der Waals surface area (Å²) in [7, 11) is 1.11. The Balaban J connectivity index is 0. The number of carbonyl (C=O) groups excluding carboxylic acids is 2. The number of ether oxygens (including phenoxy) is 2. The largest absolute Gasteiger partial charge is 0.516 e. The molecule has 0 aliphatic carbocycles. The van der Waals surface area contributed by atoms with E-state index in [0.29, 0.717) is 0 Å². The van der Waals surface area contributed by atoms with Gasteiger partial charge < -0.3 is 9.47 Å². The summed E-state index contributed by atoms with van der Waals surface area (Å²) in [6.07, 6.45) is -0.156. The molecule has 0 saturated carbocycles. The molecule has 0 aromatic heterocycles. The Bertz CT molecular complexity index is 139. The maximum Gasteiger partial charge on any atom is 0.516 e. The standard InChI is InChI=1S/C5H6O4.CH4/c1-3-4(6)9-5(7)8-2;/h3H,1H2,2H3;1H4. The number of esters is 1. The first-order valence-electron chi connectivity index (χ1n) is 2.13. The third-order valence-corrected chi connectivity index (χ3v) is 0.517. The fourth-order valence-electron chi connectivity index (χ4n) is 0.165. The first-order chi connectivity index (χ1) is 4.20. The van der Waals surface area contributed by atoms with E-state index >= 15 is 0 Å². The topological polar surface area (TPSA) is 52.6 Å². The molecule has 0 heterocycles. The van der Waals surface area contributed by atoms with Crippen LogP contribution < -0.4 is 0 Å². The van der Waals surface area contributed by atoms with Crippen LogP contribution in [0.4, 0.5) is 4.79 Å². The summed E-state index contributed by atoms with van der Waals surface area (Å²) in [6.45, 7) is 3.07. The predicted molar refractivity (Wildman–Crippen MR) is 35.4 cm³/mol. The minimum atomic E-state index is -1.03. The molecule has 0 bridgehead atoms. The SMILES string of the molecule is C.C=CC(=O)OC(=O)OC. The van der Waals surface area contributed by atoms with Gasteiger partial charge in [0.2, 0.25) is 0 Å². The van der Waals surface area contributed by atoms with Crippen molar-refractivity contribution in [2.75, 3.05) is 7.11 Å². The fraction of sp³-hybridized carbons (Fsp3) is 0.333. The van der Waals surface area contributed by atoms with Crippen molar-refractivity contribution in [3.8, 4) is 0 Å². The van der Waals surface area contributed by atoms with Crippen molar-refractivity contribution < 1.29 is 19.1 Å². The lowest BCUT2D eigenvalue weighted by Gasteiger charge is -1.93. The maximum atomic E-state index is 10.1. The third-order valence-electron chi connectivity index (χ3n) is 0.517. The van der Waals surface area contributed by atoms with E-state index in [1.54, 1.807) is 0 Å². The van der Waals surface area contributed by atoms with Crippen LogP contribution in [0, 0.1) is 0 Å². The molecule has 0 spiro atoms. The molecule has 0 aliphatic rings. The second kappa shape index (κ2) is 5.81. The van der Waals surface area contributed by atoms with Gasteiger partial charge in [0, 0.05) is 6.08 Å². The summed E-state index contributed by atoms with van der Waals surface area (Å²) in [5.41, 5.74) is 0. The van der Waals surface area contributed by atoms with Crippen LogP contribution >= 0.6 is 0 Å². The zero-order chi connectivity index (χ0) is 7.28. The molecule has 0 aliphatic heterocycles. The van der Waals surface area contributed by atoms with Crippen molar-refractivity contribution in [1.82, 2.24) is 0 Å². The quantitative estimate of drug-likeness (QED) is 0.316. The molecule has 0 saturated heterocycles. The van der Waals surface area contributed by atoms with Gasteiger partial charge in [0.1, 0.15) is 0 Å². The molecular weight excluding hydrogens is 136 g/mol. The number of carbonyl (C=O) groups is 2. The molecule has 0 unspecified atom stereocenters. The van der Waals surface area contributed by atoms with Crippen LogP contribution in [0.15, 0.2) is 12.7 Å². The zero-order valence-electron chi connectivity index (χ0n) is 4.92. The first-order valence-corrected chi connectivity index (χ1v) is 2.13. The second-order valence-electron chi connectivity index (χ2n) is 1.08. The maximum absolute atomic E-state index is 10.1. The van der Waals surface area contributed by atoms with Gasteiger partial charge in [-0.2, -0.15) is 0 Å². The van der Waals surface area contributed by atoms with Gasteiger partial charge in [-0.3, -0.25) is 0 Å². The molecule has 0 rings (SSSR count). The average molecular weight is 146 g/mol. The van der Waals surface area contributed by atoms with Gasteiger partial charge in [0.25, 0.3) is 0 Å². The van der Waals surface area contributed by atoms with E-state index in [-0.39, 0.29) is 7.43 Å². The van der Waals surface area contributed by atoms with Gasteiger partial charge in [-0.25, -0.2) is 9.59 Å². The predicted octanol–water partition coefficient (Wildman–Crippen LogP) is 1.12. The molecule has 4 nitrogen and oxygen atoms in total. The van der Waals surface area contributed by atoms with Crippen LogP contribution in [-0.2, 0) is 14.3 Å². The van der Waals surface area contributed by atoms with E-state index < -0.39 is 12.1 Å². The lowest BCUT2D eigenvalue weighted by atomic mass is 10.7. The van der Waals surface area contributed by atoms with Crippen LogP contribution in [0.1, 0.15) is 7.43 Å². The van der Waals surface area contributed by atoms with Crippen LogP contribution in [0.25, 0.3) is 0 Å². The summed E-state index contributed by atoms with van der Waals surface area (Å²) in [5.74, 6) is -0.818. The third kappa shape index (κ3) is 4.83. The van der Waals surface area contributed by atoms with Crippen molar-refractivity contribution in [3.05, 3.63) is 12.7 Å². The fourth-order valence-corrected chi connectivity index (χ4v) is 0.165. The number of methoxy groups -OCH3 is 1.